The largest absolute Gasteiger partial charge is 0.396 e. The van der Waals surface area contributed by atoms with Crippen LogP contribution in [-0.4, -0.2) is 4.98 Å². The topological polar surface area (TPSA) is 38.9 Å². The van der Waals surface area contributed by atoms with Crippen LogP contribution in [-0.2, 0) is 0 Å². The maximum absolute atomic E-state index is 13.7. The van der Waals surface area contributed by atoms with Gasteiger partial charge in [-0.3, -0.25) is 0 Å². The third-order valence-corrected chi connectivity index (χ3v) is 4.15. The summed E-state index contributed by atoms with van der Waals surface area (Å²) < 4.78 is 13.7. The molecule has 0 amide bonds. The van der Waals surface area contributed by atoms with E-state index in [1.807, 2.05) is 0 Å². The van der Waals surface area contributed by atoms with Gasteiger partial charge in [0.05, 0.1) is 16.9 Å². The molecule has 1 aromatic heterocycles. The SMILES string of the molecule is Nc1cccc(C#Cc2nc(C3CCC3)cs2)c1F. The summed E-state index contributed by atoms with van der Waals surface area (Å²) in [6, 6.07) is 4.85. The van der Waals surface area contributed by atoms with Crippen molar-refractivity contribution in [3.05, 3.63) is 45.7 Å². The van der Waals surface area contributed by atoms with E-state index in [2.05, 4.69) is 22.2 Å². The lowest BCUT2D eigenvalue weighted by molar-refractivity contribution is 0.412. The highest BCUT2D eigenvalue weighted by Crippen LogP contribution is 2.36. The van der Waals surface area contributed by atoms with E-state index < -0.39 is 5.82 Å². The fourth-order valence-corrected chi connectivity index (χ4v) is 2.75. The third-order valence-electron chi connectivity index (χ3n) is 3.38. The van der Waals surface area contributed by atoms with Crippen molar-refractivity contribution >= 4 is 17.0 Å². The van der Waals surface area contributed by atoms with Gasteiger partial charge in [-0.2, -0.15) is 0 Å². The van der Waals surface area contributed by atoms with Crippen molar-refractivity contribution in [3.63, 3.8) is 0 Å². The number of nitrogens with zero attached hydrogens (tertiary/aromatic N) is 1. The Morgan fingerprint density at radius 3 is 2.89 bits per heavy atom. The minimum atomic E-state index is -0.453. The third kappa shape index (κ3) is 2.47. The average Bonchev–Trinajstić information content (AvgIpc) is 2.77. The second-order valence-electron chi connectivity index (χ2n) is 4.66. The van der Waals surface area contributed by atoms with Crippen LogP contribution in [0.5, 0.6) is 0 Å². The number of hydrogen-bond acceptors (Lipinski definition) is 3. The van der Waals surface area contributed by atoms with Gasteiger partial charge in [0.15, 0.2) is 10.8 Å². The molecule has 1 heterocycles. The summed E-state index contributed by atoms with van der Waals surface area (Å²) in [6.45, 7) is 0. The predicted molar refractivity (Wildman–Crippen MR) is 75.5 cm³/mol. The van der Waals surface area contributed by atoms with Crippen molar-refractivity contribution in [2.75, 3.05) is 5.73 Å². The molecule has 0 bridgehead atoms. The zero-order chi connectivity index (χ0) is 13.2. The molecular weight excluding hydrogens is 259 g/mol. The fraction of sp³-hybridized carbons (Fsp3) is 0.267. The van der Waals surface area contributed by atoms with Crippen molar-refractivity contribution in [2.45, 2.75) is 25.2 Å². The van der Waals surface area contributed by atoms with Gasteiger partial charge in [-0.1, -0.05) is 18.4 Å². The van der Waals surface area contributed by atoms with Gasteiger partial charge in [-0.15, -0.1) is 11.3 Å². The van der Waals surface area contributed by atoms with E-state index in [9.17, 15) is 4.39 Å². The minimum Gasteiger partial charge on any atom is -0.396 e. The van der Waals surface area contributed by atoms with Crippen molar-refractivity contribution in [2.24, 2.45) is 0 Å². The number of rotatable bonds is 1. The first-order valence-corrected chi connectivity index (χ1v) is 7.13. The molecule has 0 spiro atoms. The molecule has 0 saturated heterocycles. The van der Waals surface area contributed by atoms with Crippen LogP contribution >= 0.6 is 11.3 Å². The minimum absolute atomic E-state index is 0.126. The number of benzene rings is 1. The van der Waals surface area contributed by atoms with Crippen LogP contribution < -0.4 is 5.73 Å². The van der Waals surface area contributed by atoms with E-state index in [1.54, 1.807) is 12.1 Å². The van der Waals surface area contributed by atoms with Crippen molar-refractivity contribution < 1.29 is 4.39 Å². The Morgan fingerprint density at radius 1 is 1.32 bits per heavy atom. The molecule has 2 N–H and O–H groups in total. The average molecular weight is 272 g/mol. The maximum Gasteiger partial charge on any atom is 0.167 e. The quantitative estimate of drug-likeness (QED) is 0.637. The molecule has 0 unspecified atom stereocenters. The standard InChI is InChI=1S/C15H13FN2S/c16-15-11(5-2-6-12(15)17)7-8-14-18-13(9-19-14)10-3-1-4-10/h2,5-6,9-10H,1,3-4,17H2. The van der Waals surface area contributed by atoms with Crippen molar-refractivity contribution in [3.8, 4) is 11.8 Å². The molecule has 1 saturated carbocycles. The summed E-state index contributed by atoms with van der Waals surface area (Å²) in [6.07, 6.45) is 3.73. The molecule has 0 aliphatic heterocycles. The summed E-state index contributed by atoms with van der Waals surface area (Å²) >= 11 is 1.52. The lowest BCUT2D eigenvalue weighted by Crippen LogP contribution is -2.08. The molecule has 1 fully saturated rings. The molecule has 19 heavy (non-hydrogen) atoms. The van der Waals surface area contributed by atoms with Gasteiger partial charge in [0, 0.05) is 11.3 Å². The zero-order valence-electron chi connectivity index (χ0n) is 10.3. The molecular formula is C15H13FN2S. The molecule has 3 rings (SSSR count). The summed E-state index contributed by atoms with van der Waals surface area (Å²) in [4.78, 5) is 4.49. The molecule has 0 radical (unpaired) electrons. The first-order valence-electron chi connectivity index (χ1n) is 6.25. The van der Waals surface area contributed by atoms with Gasteiger partial charge in [0.25, 0.3) is 0 Å². The van der Waals surface area contributed by atoms with Crippen LogP contribution in [0, 0.1) is 17.7 Å². The summed E-state index contributed by atoms with van der Waals surface area (Å²) in [5, 5.41) is 2.80. The van der Waals surface area contributed by atoms with Gasteiger partial charge in [0.2, 0.25) is 0 Å². The summed E-state index contributed by atoms with van der Waals surface area (Å²) in [5.41, 5.74) is 7.08. The first kappa shape index (κ1) is 12.2. The fourth-order valence-electron chi connectivity index (χ4n) is 2.00. The van der Waals surface area contributed by atoms with Crippen LogP contribution in [0.3, 0.4) is 0 Å². The number of hydrogen-bond donors (Lipinski definition) is 1. The molecule has 1 aromatic carbocycles. The van der Waals surface area contributed by atoms with Gasteiger partial charge in [-0.05, 0) is 30.9 Å². The van der Waals surface area contributed by atoms with Gasteiger partial charge in [-0.25, -0.2) is 9.37 Å². The van der Waals surface area contributed by atoms with Gasteiger partial charge < -0.3 is 5.73 Å². The number of thiazole rings is 1. The highest BCUT2D eigenvalue weighted by Gasteiger charge is 2.21. The molecule has 0 atom stereocenters. The Labute approximate surface area is 115 Å². The highest BCUT2D eigenvalue weighted by atomic mass is 32.1. The molecule has 1 aliphatic rings. The molecule has 2 aromatic rings. The van der Waals surface area contributed by atoms with Crippen molar-refractivity contribution in [1.29, 1.82) is 0 Å². The molecule has 2 nitrogen and oxygen atoms in total. The monoisotopic (exact) mass is 272 g/mol. The molecule has 1 aliphatic carbocycles. The van der Waals surface area contributed by atoms with Crippen LogP contribution in [0.1, 0.15) is 41.4 Å². The van der Waals surface area contributed by atoms with E-state index in [0.29, 0.717) is 11.5 Å². The molecule has 96 valence electrons. The van der Waals surface area contributed by atoms with Gasteiger partial charge >= 0.3 is 0 Å². The normalized spacial score (nSPS) is 14.6. The lowest BCUT2D eigenvalue weighted by Gasteiger charge is -2.22. The second kappa shape index (κ2) is 5.02. The zero-order valence-corrected chi connectivity index (χ0v) is 11.1. The van der Waals surface area contributed by atoms with E-state index >= 15 is 0 Å². The highest BCUT2D eigenvalue weighted by molar-refractivity contribution is 7.10. The van der Waals surface area contributed by atoms with Crippen LogP contribution in [0.2, 0.25) is 0 Å². The van der Waals surface area contributed by atoms with Crippen LogP contribution in [0.15, 0.2) is 23.6 Å². The van der Waals surface area contributed by atoms with E-state index in [-0.39, 0.29) is 5.69 Å². The number of halogens is 1. The number of aromatic nitrogens is 1. The smallest absolute Gasteiger partial charge is 0.167 e. The summed E-state index contributed by atoms with van der Waals surface area (Å²) in [5.74, 6) is 5.87. The Bertz CT molecular complexity index is 662. The number of nitrogen functional groups attached to an aromatic ring is 1. The van der Waals surface area contributed by atoms with E-state index in [1.165, 1.54) is 36.7 Å². The maximum atomic E-state index is 13.7. The van der Waals surface area contributed by atoms with Crippen LogP contribution in [0.4, 0.5) is 10.1 Å². The first-order chi connectivity index (χ1) is 9.24. The number of nitrogens with two attached hydrogens (primary N) is 1. The van der Waals surface area contributed by atoms with Crippen LogP contribution in [0.25, 0.3) is 0 Å². The van der Waals surface area contributed by atoms with Crippen molar-refractivity contribution in [1.82, 2.24) is 4.98 Å². The van der Waals surface area contributed by atoms with Gasteiger partial charge in [0.1, 0.15) is 0 Å². The summed E-state index contributed by atoms with van der Waals surface area (Å²) in [7, 11) is 0. The Kier molecular flexibility index (Phi) is 3.22. The Morgan fingerprint density at radius 2 is 2.16 bits per heavy atom. The molecule has 4 heteroatoms. The lowest BCUT2D eigenvalue weighted by atomic mass is 9.83. The van der Waals surface area contributed by atoms with E-state index in [0.717, 1.165) is 10.7 Å². The second-order valence-corrected chi connectivity index (χ2v) is 5.52. The number of anilines is 1. The Balaban J connectivity index is 1.83. The predicted octanol–water partition coefficient (Wildman–Crippen LogP) is 3.53. The van der Waals surface area contributed by atoms with E-state index in [4.69, 9.17) is 5.73 Å². The Hall–Kier alpha value is -1.86.